The first kappa shape index (κ1) is 8.75. The quantitative estimate of drug-likeness (QED) is 0.721. The Morgan fingerprint density at radius 3 is 2.85 bits per heavy atom. The fourth-order valence-corrected chi connectivity index (χ4v) is 1.90. The lowest BCUT2D eigenvalue weighted by Gasteiger charge is -2.21. The number of hydrogen-bond donors (Lipinski definition) is 2. The molecule has 0 bridgehead atoms. The first-order chi connectivity index (χ1) is 6.40. The molecule has 13 heavy (non-hydrogen) atoms. The zero-order valence-electron chi connectivity index (χ0n) is 8.14. The minimum atomic E-state index is 0.703. The fourth-order valence-electron chi connectivity index (χ4n) is 1.90. The van der Waals surface area contributed by atoms with Crippen molar-refractivity contribution < 1.29 is 0 Å². The van der Waals surface area contributed by atoms with E-state index in [1.807, 2.05) is 6.20 Å². The van der Waals surface area contributed by atoms with Crippen LogP contribution in [0.25, 0.3) is 0 Å². The summed E-state index contributed by atoms with van der Waals surface area (Å²) >= 11 is 0. The van der Waals surface area contributed by atoms with E-state index in [4.69, 9.17) is 0 Å². The highest BCUT2D eigenvalue weighted by Crippen LogP contribution is 2.23. The molecule has 1 saturated heterocycles. The van der Waals surface area contributed by atoms with Crippen LogP contribution >= 0.6 is 0 Å². The standard InChI is InChI=1S/C10H17N3/c1-2-10-12-7-9(13-10)8-3-5-11-6-4-8/h7-8,11H,2-6H2,1H3,(H,12,13). The molecule has 0 atom stereocenters. The Morgan fingerprint density at radius 1 is 1.46 bits per heavy atom. The lowest BCUT2D eigenvalue weighted by Crippen LogP contribution is -2.26. The molecule has 2 heterocycles. The van der Waals surface area contributed by atoms with E-state index in [2.05, 4.69) is 22.2 Å². The Balaban J connectivity index is 2.05. The van der Waals surface area contributed by atoms with Crippen LogP contribution in [0.4, 0.5) is 0 Å². The maximum absolute atomic E-state index is 4.33. The minimum absolute atomic E-state index is 0.703. The van der Waals surface area contributed by atoms with Crippen molar-refractivity contribution in [2.24, 2.45) is 0 Å². The third-order valence-electron chi connectivity index (χ3n) is 2.76. The van der Waals surface area contributed by atoms with Crippen molar-refractivity contribution in [3.8, 4) is 0 Å². The number of nitrogens with one attached hydrogen (secondary N) is 2. The average molecular weight is 179 g/mol. The van der Waals surface area contributed by atoms with E-state index < -0.39 is 0 Å². The summed E-state index contributed by atoms with van der Waals surface area (Å²) in [5, 5.41) is 3.37. The number of H-pyrrole nitrogens is 1. The van der Waals surface area contributed by atoms with E-state index in [9.17, 15) is 0 Å². The number of aromatic nitrogens is 2. The second-order valence-corrected chi connectivity index (χ2v) is 3.66. The summed E-state index contributed by atoms with van der Waals surface area (Å²) in [5.41, 5.74) is 1.33. The molecular weight excluding hydrogens is 162 g/mol. The van der Waals surface area contributed by atoms with Crippen molar-refractivity contribution in [2.75, 3.05) is 13.1 Å². The molecule has 72 valence electrons. The third kappa shape index (κ3) is 1.91. The Hall–Kier alpha value is -0.830. The van der Waals surface area contributed by atoms with Gasteiger partial charge in [-0.1, -0.05) is 6.92 Å². The number of nitrogens with zero attached hydrogens (tertiary/aromatic N) is 1. The summed E-state index contributed by atoms with van der Waals surface area (Å²) < 4.78 is 0. The van der Waals surface area contributed by atoms with E-state index in [1.54, 1.807) is 0 Å². The zero-order chi connectivity index (χ0) is 9.10. The molecule has 0 unspecified atom stereocenters. The van der Waals surface area contributed by atoms with Crippen LogP contribution < -0.4 is 5.32 Å². The summed E-state index contributed by atoms with van der Waals surface area (Å²) in [5.74, 6) is 1.82. The molecule has 2 N–H and O–H groups in total. The predicted molar refractivity (Wildman–Crippen MR) is 52.8 cm³/mol. The maximum Gasteiger partial charge on any atom is 0.105 e. The van der Waals surface area contributed by atoms with Gasteiger partial charge in [-0.05, 0) is 25.9 Å². The summed E-state index contributed by atoms with van der Waals surface area (Å²) in [6.07, 6.45) is 5.50. The Morgan fingerprint density at radius 2 is 2.23 bits per heavy atom. The van der Waals surface area contributed by atoms with E-state index in [0.717, 1.165) is 25.3 Å². The molecule has 1 aromatic heterocycles. The minimum Gasteiger partial charge on any atom is -0.346 e. The van der Waals surface area contributed by atoms with Gasteiger partial charge in [-0.15, -0.1) is 0 Å². The monoisotopic (exact) mass is 179 g/mol. The van der Waals surface area contributed by atoms with Gasteiger partial charge < -0.3 is 10.3 Å². The van der Waals surface area contributed by atoms with E-state index in [0.29, 0.717) is 5.92 Å². The van der Waals surface area contributed by atoms with Crippen LogP contribution in [0.2, 0.25) is 0 Å². The Labute approximate surface area is 79.0 Å². The molecule has 3 nitrogen and oxygen atoms in total. The molecule has 0 saturated carbocycles. The topological polar surface area (TPSA) is 40.7 Å². The number of aryl methyl sites for hydroxylation is 1. The molecule has 0 spiro atoms. The first-order valence-electron chi connectivity index (χ1n) is 5.14. The smallest absolute Gasteiger partial charge is 0.105 e. The number of piperidine rings is 1. The number of hydrogen-bond acceptors (Lipinski definition) is 2. The Kier molecular flexibility index (Phi) is 2.64. The highest BCUT2D eigenvalue weighted by Gasteiger charge is 2.16. The summed E-state index contributed by atoms with van der Waals surface area (Å²) in [6, 6.07) is 0. The van der Waals surface area contributed by atoms with Crippen molar-refractivity contribution >= 4 is 0 Å². The lowest BCUT2D eigenvalue weighted by molar-refractivity contribution is 0.454. The van der Waals surface area contributed by atoms with E-state index in [-0.39, 0.29) is 0 Å². The van der Waals surface area contributed by atoms with E-state index in [1.165, 1.54) is 18.5 Å². The van der Waals surface area contributed by atoms with Gasteiger partial charge in [0.2, 0.25) is 0 Å². The molecule has 1 aliphatic heterocycles. The second-order valence-electron chi connectivity index (χ2n) is 3.66. The fraction of sp³-hybridized carbons (Fsp3) is 0.700. The summed E-state index contributed by atoms with van der Waals surface area (Å²) in [4.78, 5) is 7.73. The molecule has 1 aliphatic rings. The van der Waals surface area contributed by atoms with Gasteiger partial charge in [-0.2, -0.15) is 0 Å². The maximum atomic E-state index is 4.33. The van der Waals surface area contributed by atoms with Gasteiger partial charge in [0.15, 0.2) is 0 Å². The van der Waals surface area contributed by atoms with Crippen LogP contribution in [0.5, 0.6) is 0 Å². The summed E-state index contributed by atoms with van der Waals surface area (Å²) in [7, 11) is 0. The van der Waals surface area contributed by atoms with Crippen LogP contribution in [-0.4, -0.2) is 23.1 Å². The second kappa shape index (κ2) is 3.92. The van der Waals surface area contributed by atoms with Crippen LogP contribution in [-0.2, 0) is 6.42 Å². The number of imidazole rings is 1. The van der Waals surface area contributed by atoms with Crippen LogP contribution in [0.1, 0.15) is 37.2 Å². The van der Waals surface area contributed by atoms with Gasteiger partial charge in [0.05, 0.1) is 0 Å². The highest BCUT2D eigenvalue weighted by atomic mass is 14.9. The van der Waals surface area contributed by atoms with Gasteiger partial charge >= 0.3 is 0 Å². The van der Waals surface area contributed by atoms with Gasteiger partial charge in [-0.3, -0.25) is 0 Å². The van der Waals surface area contributed by atoms with Crippen LogP contribution in [0.15, 0.2) is 6.20 Å². The largest absolute Gasteiger partial charge is 0.346 e. The normalized spacial score (nSPS) is 19.2. The summed E-state index contributed by atoms with van der Waals surface area (Å²) in [6.45, 7) is 4.42. The first-order valence-corrected chi connectivity index (χ1v) is 5.14. The predicted octanol–water partition coefficient (Wildman–Crippen LogP) is 1.44. The van der Waals surface area contributed by atoms with Crippen molar-refractivity contribution in [2.45, 2.75) is 32.1 Å². The zero-order valence-corrected chi connectivity index (χ0v) is 8.14. The molecule has 1 fully saturated rings. The molecule has 2 rings (SSSR count). The highest BCUT2D eigenvalue weighted by molar-refractivity contribution is 5.08. The molecule has 0 radical (unpaired) electrons. The van der Waals surface area contributed by atoms with Crippen molar-refractivity contribution in [1.82, 2.24) is 15.3 Å². The van der Waals surface area contributed by atoms with Crippen LogP contribution in [0, 0.1) is 0 Å². The van der Waals surface area contributed by atoms with Gasteiger partial charge in [-0.25, -0.2) is 4.98 Å². The van der Waals surface area contributed by atoms with Crippen molar-refractivity contribution in [3.05, 3.63) is 17.7 Å². The van der Waals surface area contributed by atoms with E-state index >= 15 is 0 Å². The van der Waals surface area contributed by atoms with Crippen molar-refractivity contribution in [1.29, 1.82) is 0 Å². The van der Waals surface area contributed by atoms with Crippen molar-refractivity contribution in [3.63, 3.8) is 0 Å². The van der Waals surface area contributed by atoms with Gasteiger partial charge in [0, 0.05) is 24.2 Å². The Bertz CT molecular complexity index is 261. The lowest BCUT2D eigenvalue weighted by atomic mass is 9.95. The molecule has 0 amide bonds. The molecule has 0 aliphatic carbocycles. The number of rotatable bonds is 2. The molecule has 3 heteroatoms. The van der Waals surface area contributed by atoms with Crippen LogP contribution in [0.3, 0.4) is 0 Å². The molecule has 1 aromatic rings. The average Bonchev–Trinajstić information content (AvgIpc) is 2.67. The van der Waals surface area contributed by atoms with Gasteiger partial charge in [0.1, 0.15) is 5.82 Å². The number of aromatic amines is 1. The van der Waals surface area contributed by atoms with Gasteiger partial charge in [0.25, 0.3) is 0 Å². The third-order valence-corrected chi connectivity index (χ3v) is 2.76. The molecular formula is C10H17N3. The molecule has 0 aromatic carbocycles. The SMILES string of the molecule is CCc1ncc(C2CCNCC2)[nH]1.